The molecule has 0 aliphatic heterocycles. The molecule has 3 nitrogen and oxygen atoms in total. The number of rotatable bonds is 8. The quantitative estimate of drug-likeness (QED) is 0.786. The van der Waals surface area contributed by atoms with E-state index in [0.29, 0.717) is 11.8 Å². The molecule has 1 N–H and O–H groups in total. The van der Waals surface area contributed by atoms with Gasteiger partial charge in [-0.05, 0) is 31.4 Å². The maximum absolute atomic E-state index is 4.45. The highest BCUT2D eigenvalue weighted by Gasteiger charge is 2.11. The molecule has 0 saturated carbocycles. The number of anilines is 1. The standard InChI is InChI=1S/C17H31N3/c1-7-14(4)12-20(6)17-8-15(5)19-11-16(17)10-18-9-13(2)3/h8,11,13-14,18H,7,9-10,12H2,1-6H3. The van der Waals surface area contributed by atoms with Gasteiger partial charge in [-0.3, -0.25) is 4.98 Å². The lowest BCUT2D eigenvalue weighted by atomic mass is 10.1. The van der Waals surface area contributed by atoms with Crippen molar-refractivity contribution in [3.8, 4) is 0 Å². The Bertz CT molecular complexity index is 401. The molecular weight excluding hydrogens is 246 g/mol. The molecule has 20 heavy (non-hydrogen) atoms. The van der Waals surface area contributed by atoms with E-state index < -0.39 is 0 Å². The van der Waals surface area contributed by atoms with Gasteiger partial charge >= 0.3 is 0 Å². The highest BCUT2D eigenvalue weighted by Crippen LogP contribution is 2.21. The zero-order chi connectivity index (χ0) is 15.1. The number of hydrogen-bond donors (Lipinski definition) is 1. The van der Waals surface area contributed by atoms with Gasteiger partial charge in [-0.25, -0.2) is 0 Å². The van der Waals surface area contributed by atoms with Crippen molar-refractivity contribution in [2.75, 3.05) is 25.0 Å². The third kappa shape index (κ3) is 5.49. The summed E-state index contributed by atoms with van der Waals surface area (Å²) in [4.78, 5) is 6.82. The Hall–Kier alpha value is -1.09. The van der Waals surface area contributed by atoms with Crippen LogP contribution in [0.2, 0.25) is 0 Å². The molecule has 1 unspecified atom stereocenters. The van der Waals surface area contributed by atoms with Crippen LogP contribution in [0.25, 0.3) is 0 Å². The van der Waals surface area contributed by atoms with E-state index in [4.69, 9.17) is 0 Å². The van der Waals surface area contributed by atoms with Crippen molar-refractivity contribution in [1.29, 1.82) is 0 Å². The van der Waals surface area contributed by atoms with E-state index in [1.807, 2.05) is 6.20 Å². The number of hydrogen-bond acceptors (Lipinski definition) is 3. The normalized spacial score (nSPS) is 12.8. The predicted molar refractivity (Wildman–Crippen MR) is 88.2 cm³/mol. The molecule has 114 valence electrons. The van der Waals surface area contributed by atoms with Gasteiger partial charge in [0.15, 0.2) is 0 Å². The van der Waals surface area contributed by atoms with E-state index in [1.54, 1.807) is 0 Å². The van der Waals surface area contributed by atoms with Crippen molar-refractivity contribution in [2.24, 2.45) is 11.8 Å². The van der Waals surface area contributed by atoms with E-state index in [-0.39, 0.29) is 0 Å². The van der Waals surface area contributed by atoms with Gasteiger partial charge in [-0.15, -0.1) is 0 Å². The molecular formula is C17H31N3. The van der Waals surface area contributed by atoms with Crippen LogP contribution in [-0.4, -0.2) is 25.1 Å². The average Bonchev–Trinajstić information content (AvgIpc) is 2.39. The van der Waals surface area contributed by atoms with Crippen LogP contribution in [-0.2, 0) is 6.54 Å². The minimum absolute atomic E-state index is 0.676. The molecule has 0 fully saturated rings. The predicted octanol–water partition coefficient (Wildman–Crippen LogP) is 3.62. The molecule has 0 aromatic carbocycles. The van der Waals surface area contributed by atoms with Gasteiger partial charge in [0.25, 0.3) is 0 Å². The first-order valence-corrected chi connectivity index (χ1v) is 7.81. The van der Waals surface area contributed by atoms with Crippen LogP contribution in [0.5, 0.6) is 0 Å². The van der Waals surface area contributed by atoms with Crippen LogP contribution in [0.3, 0.4) is 0 Å². The van der Waals surface area contributed by atoms with Gasteiger partial charge in [-0.2, -0.15) is 0 Å². The summed E-state index contributed by atoms with van der Waals surface area (Å²) < 4.78 is 0. The smallest absolute Gasteiger partial charge is 0.0443 e. The molecule has 0 amide bonds. The lowest BCUT2D eigenvalue weighted by molar-refractivity contribution is 0.546. The number of nitrogens with zero attached hydrogens (tertiary/aromatic N) is 2. The second kappa shape index (κ2) is 8.25. The Morgan fingerprint density at radius 2 is 2.00 bits per heavy atom. The molecule has 3 heteroatoms. The van der Waals surface area contributed by atoms with E-state index in [0.717, 1.165) is 25.3 Å². The summed E-state index contributed by atoms with van der Waals surface area (Å²) >= 11 is 0. The first kappa shape index (κ1) is 17.0. The zero-order valence-corrected chi connectivity index (χ0v) is 14.0. The van der Waals surface area contributed by atoms with Crippen LogP contribution in [0, 0.1) is 18.8 Å². The third-order valence-corrected chi connectivity index (χ3v) is 3.66. The van der Waals surface area contributed by atoms with Crippen LogP contribution in [0.1, 0.15) is 45.4 Å². The summed E-state index contributed by atoms with van der Waals surface area (Å²) in [5.74, 6) is 1.39. The maximum atomic E-state index is 4.45. The molecule has 1 heterocycles. The Morgan fingerprint density at radius 1 is 1.30 bits per heavy atom. The zero-order valence-electron chi connectivity index (χ0n) is 14.0. The van der Waals surface area contributed by atoms with Crippen molar-refractivity contribution in [3.63, 3.8) is 0 Å². The van der Waals surface area contributed by atoms with Crippen molar-refractivity contribution in [3.05, 3.63) is 23.5 Å². The van der Waals surface area contributed by atoms with Gasteiger partial charge in [0.1, 0.15) is 0 Å². The maximum Gasteiger partial charge on any atom is 0.0443 e. The first-order valence-electron chi connectivity index (χ1n) is 7.81. The number of aryl methyl sites for hydroxylation is 1. The monoisotopic (exact) mass is 277 g/mol. The molecule has 0 spiro atoms. The van der Waals surface area contributed by atoms with Gasteiger partial charge in [0, 0.05) is 43.3 Å². The highest BCUT2D eigenvalue weighted by molar-refractivity contribution is 5.53. The van der Waals surface area contributed by atoms with Crippen LogP contribution in [0.4, 0.5) is 5.69 Å². The fraction of sp³-hybridized carbons (Fsp3) is 0.706. The van der Waals surface area contributed by atoms with Crippen LogP contribution >= 0.6 is 0 Å². The molecule has 1 atom stereocenters. The van der Waals surface area contributed by atoms with Crippen LogP contribution in [0.15, 0.2) is 12.3 Å². The van der Waals surface area contributed by atoms with E-state index in [1.165, 1.54) is 17.7 Å². The minimum atomic E-state index is 0.676. The molecule has 0 saturated heterocycles. The van der Waals surface area contributed by atoms with Gasteiger partial charge in [0.2, 0.25) is 0 Å². The fourth-order valence-corrected chi connectivity index (χ4v) is 2.26. The minimum Gasteiger partial charge on any atom is -0.374 e. The van der Waals surface area contributed by atoms with Gasteiger partial charge in [-0.1, -0.05) is 34.1 Å². The highest BCUT2D eigenvalue weighted by atomic mass is 15.1. The SMILES string of the molecule is CCC(C)CN(C)c1cc(C)ncc1CNCC(C)C. The first-order chi connectivity index (χ1) is 9.43. The number of pyridine rings is 1. The second-order valence-corrected chi connectivity index (χ2v) is 6.37. The lowest BCUT2D eigenvalue weighted by Crippen LogP contribution is -2.26. The topological polar surface area (TPSA) is 28.2 Å². The molecule has 1 aromatic heterocycles. The Kier molecular flexibility index (Phi) is 7.00. The Balaban J connectivity index is 2.78. The summed E-state index contributed by atoms with van der Waals surface area (Å²) in [6.07, 6.45) is 3.24. The summed E-state index contributed by atoms with van der Waals surface area (Å²) in [7, 11) is 2.19. The Labute approximate surface area is 124 Å². The van der Waals surface area contributed by atoms with Crippen molar-refractivity contribution >= 4 is 5.69 Å². The summed E-state index contributed by atoms with van der Waals surface area (Å²) in [6.45, 7) is 14.1. The second-order valence-electron chi connectivity index (χ2n) is 6.37. The van der Waals surface area contributed by atoms with E-state index >= 15 is 0 Å². The molecule has 1 rings (SSSR count). The van der Waals surface area contributed by atoms with E-state index in [9.17, 15) is 0 Å². The van der Waals surface area contributed by atoms with Crippen LogP contribution < -0.4 is 10.2 Å². The summed E-state index contributed by atoms with van der Waals surface area (Å²) in [6, 6.07) is 2.20. The Morgan fingerprint density at radius 3 is 2.60 bits per heavy atom. The molecule has 0 bridgehead atoms. The summed E-state index contributed by atoms with van der Waals surface area (Å²) in [5.41, 5.74) is 3.69. The number of nitrogens with one attached hydrogen (secondary N) is 1. The largest absolute Gasteiger partial charge is 0.374 e. The van der Waals surface area contributed by atoms with Crippen molar-refractivity contribution in [2.45, 2.75) is 47.6 Å². The molecule has 1 aromatic rings. The third-order valence-electron chi connectivity index (χ3n) is 3.66. The number of aromatic nitrogens is 1. The molecule has 0 aliphatic rings. The average molecular weight is 277 g/mol. The summed E-state index contributed by atoms with van der Waals surface area (Å²) in [5, 5.41) is 3.52. The fourth-order valence-electron chi connectivity index (χ4n) is 2.26. The van der Waals surface area contributed by atoms with Crippen molar-refractivity contribution < 1.29 is 0 Å². The van der Waals surface area contributed by atoms with Gasteiger partial charge in [0.05, 0.1) is 0 Å². The van der Waals surface area contributed by atoms with E-state index in [2.05, 4.69) is 62.9 Å². The van der Waals surface area contributed by atoms with Gasteiger partial charge < -0.3 is 10.2 Å². The molecule has 0 radical (unpaired) electrons. The lowest BCUT2D eigenvalue weighted by Gasteiger charge is -2.25. The molecule has 0 aliphatic carbocycles. The van der Waals surface area contributed by atoms with Crippen molar-refractivity contribution in [1.82, 2.24) is 10.3 Å².